The fourth-order valence-electron chi connectivity index (χ4n) is 3.74. The quantitative estimate of drug-likeness (QED) is 0.412. The van der Waals surface area contributed by atoms with Crippen molar-refractivity contribution in [2.75, 3.05) is 0 Å². The van der Waals surface area contributed by atoms with E-state index in [9.17, 15) is 4.57 Å². The molecule has 28 heavy (non-hydrogen) atoms. The van der Waals surface area contributed by atoms with Crippen LogP contribution in [0, 0.1) is 0 Å². The fourth-order valence-corrected chi connectivity index (χ4v) is 6.99. The molecule has 1 unspecified atom stereocenters. The number of unbranched alkanes of at least 4 members (excludes halogenated alkanes) is 1. The Kier molecular flexibility index (Phi) is 5.40. The van der Waals surface area contributed by atoms with Crippen LogP contribution in [-0.4, -0.2) is 15.0 Å². The number of fused-ring (bicyclic) bond motifs is 1. The Morgan fingerprint density at radius 1 is 0.857 bits per heavy atom. The molecule has 1 atom stereocenters. The summed E-state index contributed by atoms with van der Waals surface area (Å²) >= 11 is 0. The predicted octanol–water partition coefficient (Wildman–Crippen LogP) is 5.13. The van der Waals surface area contributed by atoms with Gasteiger partial charge in [-0.3, -0.25) is 0 Å². The highest BCUT2D eigenvalue weighted by atomic mass is 31.2. The molecule has 142 valence electrons. The minimum atomic E-state index is -3.00. The lowest BCUT2D eigenvalue weighted by molar-refractivity contribution is 0.495. The summed E-state index contributed by atoms with van der Waals surface area (Å²) in [5.41, 5.74) is 1.76. The monoisotopic (exact) mass is 389 g/mol. The van der Waals surface area contributed by atoms with Gasteiger partial charge in [-0.2, -0.15) is 0 Å². The normalized spacial score (nSPS) is 12.9. The van der Waals surface area contributed by atoms with E-state index in [0.29, 0.717) is 0 Å². The van der Waals surface area contributed by atoms with E-state index in [0.717, 1.165) is 40.9 Å². The van der Waals surface area contributed by atoms with Crippen molar-refractivity contribution in [3.05, 3.63) is 84.9 Å². The zero-order chi connectivity index (χ0) is 19.4. The Morgan fingerprint density at radius 3 is 2.04 bits per heavy atom. The van der Waals surface area contributed by atoms with Crippen LogP contribution in [0.3, 0.4) is 0 Å². The second-order valence-electron chi connectivity index (χ2n) is 6.97. The molecule has 3 aromatic carbocycles. The van der Waals surface area contributed by atoms with Crippen molar-refractivity contribution < 1.29 is 4.57 Å². The van der Waals surface area contributed by atoms with Crippen LogP contribution in [0.25, 0.3) is 11.0 Å². The largest absolute Gasteiger partial charge is 0.311 e. The van der Waals surface area contributed by atoms with Crippen LogP contribution in [0.5, 0.6) is 0 Å². The van der Waals surface area contributed by atoms with Crippen LogP contribution in [0.1, 0.15) is 32.0 Å². The molecule has 0 aliphatic rings. The molecule has 4 aromatic rings. The van der Waals surface area contributed by atoms with E-state index in [1.54, 1.807) is 0 Å². The molecule has 0 aliphatic heterocycles. The fraction of sp³-hybridized carbons (Fsp3) is 0.217. The topological polar surface area (TPSA) is 47.8 Å². The number of nitrogens with zero attached hydrogens (tertiary/aromatic N) is 3. The third-order valence-corrected chi connectivity index (χ3v) is 8.62. The van der Waals surface area contributed by atoms with Gasteiger partial charge in [0.25, 0.3) is 0 Å². The van der Waals surface area contributed by atoms with Gasteiger partial charge in [-0.15, -0.1) is 5.10 Å². The van der Waals surface area contributed by atoms with E-state index in [2.05, 4.69) is 17.2 Å². The van der Waals surface area contributed by atoms with Gasteiger partial charge in [0.2, 0.25) is 0 Å². The molecule has 0 saturated carbocycles. The maximum absolute atomic E-state index is 14.9. The second kappa shape index (κ2) is 8.12. The Bertz CT molecular complexity index is 1050. The summed E-state index contributed by atoms with van der Waals surface area (Å²) < 4.78 is 16.8. The zero-order valence-electron chi connectivity index (χ0n) is 16.0. The Morgan fingerprint density at radius 2 is 1.43 bits per heavy atom. The first-order valence-electron chi connectivity index (χ1n) is 9.76. The Hall–Kier alpha value is -2.71. The van der Waals surface area contributed by atoms with E-state index in [-0.39, 0.29) is 5.78 Å². The van der Waals surface area contributed by atoms with Gasteiger partial charge in [0.05, 0.1) is 5.52 Å². The van der Waals surface area contributed by atoms with Crippen molar-refractivity contribution in [1.82, 2.24) is 15.0 Å². The number of hydrogen-bond acceptors (Lipinski definition) is 3. The summed E-state index contributed by atoms with van der Waals surface area (Å²) in [7, 11) is -3.00. The molecule has 0 spiro atoms. The van der Waals surface area contributed by atoms with Crippen molar-refractivity contribution >= 4 is 28.8 Å². The molecule has 0 fully saturated rings. The molecule has 5 heteroatoms. The SMILES string of the molecule is CCCCC(n1nnc2ccccc21)P(=O)(c1ccccc1)c1ccccc1. The van der Waals surface area contributed by atoms with Gasteiger partial charge in [0.1, 0.15) is 11.3 Å². The molecular weight excluding hydrogens is 365 g/mol. The molecule has 1 heterocycles. The smallest absolute Gasteiger partial charge is 0.166 e. The van der Waals surface area contributed by atoms with E-state index in [4.69, 9.17) is 0 Å². The van der Waals surface area contributed by atoms with E-state index in [1.807, 2.05) is 89.6 Å². The predicted molar refractivity (Wildman–Crippen MR) is 116 cm³/mol. The lowest BCUT2D eigenvalue weighted by Gasteiger charge is -2.29. The number of hydrogen-bond donors (Lipinski definition) is 0. The summed E-state index contributed by atoms with van der Waals surface area (Å²) in [6.07, 6.45) is 2.79. The second-order valence-corrected chi connectivity index (χ2v) is 9.92. The van der Waals surface area contributed by atoms with Crippen LogP contribution in [0.15, 0.2) is 84.9 Å². The molecule has 0 amide bonds. The first-order chi connectivity index (χ1) is 13.7. The van der Waals surface area contributed by atoms with Gasteiger partial charge in [-0.05, 0) is 18.6 Å². The third kappa shape index (κ3) is 3.29. The molecule has 4 nitrogen and oxygen atoms in total. The number of para-hydroxylation sites is 1. The molecule has 0 bridgehead atoms. The van der Waals surface area contributed by atoms with E-state index < -0.39 is 7.14 Å². The lowest BCUT2D eigenvalue weighted by atomic mass is 10.2. The highest BCUT2D eigenvalue weighted by Crippen LogP contribution is 2.57. The number of rotatable bonds is 7. The van der Waals surface area contributed by atoms with Crippen LogP contribution in [0.2, 0.25) is 0 Å². The molecule has 4 rings (SSSR count). The standard InChI is InChI=1S/C23H24N3OP/c1-2-3-18-23(26-22-17-11-10-16-21(22)24-25-26)28(27,19-12-6-4-7-13-19)20-14-8-5-9-15-20/h4-17,23H,2-3,18H2,1H3. The number of benzene rings is 3. The molecule has 1 aromatic heterocycles. The summed E-state index contributed by atoms with van der Waals surface area (Å²) in [4.78, 5) is 0. The first-order valence-corrected chi connectivity index (χ1v) is 11.5. The summed E-state index contributed by atoms with van der Waals surface area (Å²) in [5.74, 6) is -0.273. The van der Waals surface area contributed by atoms with Crippen LogP contribution >= 0.6 is 7.14 Å². The molecule has 0 saturated heterocycles. The lowest BCUT2D eigenvalue weighted by Crippen LogP contribution is -2.25. The summed E-state index contributed by atoms with van der Waals surface area (Å²) in [6, 6.07) is 27.6. The minimum absolute atomic E-state index is 0.273. The highest BCUT2D eigenvalue weighted by molar-refractivity contribution is 7.78. The average molecular weight is 389 g/mol. The maximum Gasteiger partial charge on any atom is 0.166 e. The van der Waals surface area contributed by atoms with Gasteiger partial charge in [-0.1, -0.05) is 97.8 Å². The third-order valence-electron chi connectivity index (χ3n) is 5.17. The van der Waals surface area contributed by atoms with Crippen molar-refractivity contribution in [2.24, 2.45) is 0 Å². The Balaban J connectivity index is 1.96. The Labute approximate surface area is 165 Å². The van der Waals surface area contributed by atoms with Crippen molar-refractivity contribution in [1.29, 1.82) is 0 Å². The van der Waals surface area contributed by atoms with Crippen LogP contribution < -0.4 is 10.6 Å². The number of aromatic nitrogens is 3. The van der Waals surface area contributed by atoms with E-state index >= 15 is 0 Å². The zero-order valence-corrected chi connectivity index (χ0v) is 16.9. The van der Waals surface area contributed by atoms with Gasteiger partial charge in [0.15, 0.2) is 7.14 Å². The van der Waals surface area contributed by atoms with Crippen molar-refractivity contribution in [2.45, 2.75) is 32.0 Å². The molecule has 0 aliphatic carbocycles. The molecular formula is C23H24N3OP. The van der Waals surface area contributed by atoms with Gasteiger partial charge in [-0.25, -0.2) is 4.68 Å². The average Bonchev–Trinajstić information content (AvgIpc) is 3.19. The minimum Gasteiger partial charge on any atom is -0.311 e. The van der Waals surface area contributed by atoms with Crippen molar-refractivity contribution in [3.63, 3.8) is 0 Å². The van der Waals surface area contributed by atoms with E-state index in [1.165, 1.54) is 0 Å². The van der Waals surface area contributed by atoms with Gasteiger partial charge in [0, 0.05) is 10.6 Å². The van der Waals surface area contributed by atoms with Gasteiger partial charge < -0.3 is 4.57 Å². The summed E-state index contributed by atoms with van der Waals surface area (Å²) in [6.45, 7) is 2.16. The van der Waals surface area contributed by atoms with Crippen molar-refractivity contribution in [3.8, 4) is 0 Å². The molecule has 0 radical (unpaired) electrons. The molecule has 0 N–H and O–H groups in total. The van der Waals surface area contributed by atoms with Crippen LogP contribution in [-0.2, 0) is 4.57 Å². The summed E-state index contributed by atoms with van der Waals surface area (Å²) in [5, 5.41) is 10.5. The van der Waals surface area contributed by atoms with Crippen LogP contribution in [0.4, 0.5) is 0 Å². The highest BCUT2D eigenvalue weighted by Gasteiger charge is 2.38. The maximum atomic E-state index is 14.9. The first kappa shape index (κ1) is 18.6. The van der Waals surface area contributed by atoms with Gasteiger partial charge >= 0.3 is 0 Å².